The lowest BCUT2D eigenvalue weighted by Gasteiger charge is -2.33. The van der Waals surface area contributed by atoms with Gasteiger partial charge in [-0.1, -0.05) is 0 Å². The van der Waals surface area contributed by atoms with Crippen molar-refractivity contribution in [1.29, 1.82) is 0 Å². The van der Waals surface area contributed by atoms with Crippen molar-refractivity contribution in [3.05, 3.63) is 23.7 Å². The summed E-state index contributed by atoms with van der Waals surface area (Å²) in [5, 5.41) is 3.26. The minimum absolute atomic E-state index is 0.104. The Hall–Kier alpha value is -1.33. The summed E-state index contributed by atoms with van der Waals surface area (Å²) in [7, 11) is 1.98. The maximum Gasteiger partial charge on any atom is 0.239 e. The molecule has 0 spiro atoms. The molecular weight excluding hydrogens is 242 g/mol. The van der Waals surface area contributed by atoms with E-state index >= 15 is 0 Å². The van der Waals surface area contributed by atoms with Gasteiger partial charge in [0.15, 0.2) is 0 Å². The number of nitrogens with one attached hydrogen (secondary N) is 1. The number of hydrogen-bond donors (Lipinski definition) is 1. The second-order valence-electron chi connectivity index (χ2n) is 5.17. The Morgan fingerprint density at radius 1 is 1.53 bits per heavy atom. The number of carbonyl (C=O) groups is 1. The Balaban J connectivity index is 1.92. The number of piperazine rings is 1. The molecule has 0 bridgehead atoms. The van der Waals surface area contributed by atoms with Gasteiger partial charge >= 0.3 is 0 Å². The van der Waals surface area contributed by atoms with Gasteiger partial charge in [-0.2, -0.15) is 0 Å². The summed E-state index contributed by atoms with van der Waals surface area (Å²) in [4.78, 5) is 16.4. The van der Waals surface area contributed by atoms with Crippen LogP contribution in [-0.2, 0) is 11.3 Å². The molecule has 106 valence electrons. The number of rotatable bonds is 4. The fourth-order valence-electron chi connectivity index (χ4n) is 2.32. The minimum atomic E-state index is -0.104. The molecule has 1 saturated heterocycles. The Morgan fingerprint density at radius 3 is 2.79 bits per heavy atom. The van der Waals surface area contributed by atoms with Crippen LogP contribution in [0, 0.1) is 6.92 Å². The van der Waals surface area contributed by atoms with Crippen molar-refractivity contribution < 1.29 is 9.21 Å². The van der Waals surface area contributed by atoms with E-state index in [-0.39, 0.29) is 11.9 Å². The van der Waals surface area contributed by atoms with E-state index in [2.05, 4.69) is 10.2 Å². The number of aryl methyl sites for hydroxylation is 1. The predicted octanol–water partition coefficient (Wildman–Crippen LogP) is 0.840. The van der Waals surface area contributed by atoms with Gasteiger partial charge in [-0.05, 0) is 27.0 Å². The number of nitrogens with zero attached hydrogens (tertiary/aromatic N) is 2. The van der Waals surface area contributed by atoms with Crippen molar-refractivity contribution in [2.75, 3.05) is 33.2 Å². The number of likely N-dealkylation sites (N-methyl/N-ethyl adjacent to an activating group) is 1. The van der Waals surface area contributed by atoms with Crippen LogP contribution < -0.4 is 5.32 Å². The minimum Gasteiger partial charge on any atom is -0.469 e. The van der Waals surface area contributed by atoms with E-state index < -0.39 is 0 Å². The van der Waals surface area contributed by atoms with Gasteiger partial charge in [0.05, 0.1) is 12.3 Å². The standard InChI is InChI=1S/C14H23N3O2/c1-11(14(18)17-7-5-15-6-8-17)16(3)10-13-4-9-19-12(13)2/h4,9,11,15H,5-8,10H2,1-3H3. The molecule has 19 heavy (non-hydrogen) atoms. The van der Waals surface area contributed by atoms with E-state index in [4.69, 9.17) is 4.42 Å². The van der Waals surface area contributed by atoms with Crippen LogP contribution in [0.2, 0.25) is 0 Å². The average Bonchev–Trinajstić information content (AvgIpc) is 2.83. The molecule has 0 aliphatic carbocycles. The molecule has 2 heterocycles. The predicted molar refractivity (Wildman–Crippen MR) is 73.8 cm³/mol. The van der Waals surface area contributed by atoms with E-state index in [9.17, 15) is 4.79 Å². The molecule has 0 radical (unpaired) electrons. The fraction of sp³-hybridized carbons (Fsp3) is 0.643. The van der Waals surface area contributed by atoms with Gasteiger partial charge in [0.25, 0.3) is 0 Å². The molecule has 1 aliphatic heterocycles. The SMILES string of the molecule is Cc1occc1CN(C)C(C)C(=O)N1CCNCC1. The molecule has 1 N–H and O–H groups in total. The molecule has 5 nitrogen and oxygen atoms in total. The smallest absolute Gasteiger partial charge is 0.239 e. The van der Waals surface area contributed by atoms with Crippen LogP contribution in [0.4, 0.5) is 0 Å². The van der Waals surface area contributed by atoms with Crippen molar-refractivity contribution >= 4 is 5.91 Å². The second-order valence-corrected chi connectivity index (χ2v) is 5.17. The average molecular weight is 265 g/mol. The number of carbonyl (C=O) groups excluding carboxylic acids is 1. The van der Waals surface area contributed by atoms with Crippen molar-refractivity contribution in [2.45, 2.75) is 26.4 Å². The fourth-order valence-corrected chi connectivity index (χ4v) is 2.32. The lowest BCUT2D eigenvalue weighted by atomic mass is 10.2. The molecule has 1 unspecified atom stereocenters. The van der Waals surface area contributed by atoms with Gasteiger partial charge in [0.1, 0.15) is 5.76 Å². The van der Waals surface area contributed by atoms with Crippen LogP contribution in [0.25, 0.3) is 0 Å². The Morgan fingerprint density at radius 2 is 2.21 bits per heavy atom. The summed E-state index contributed by atoms with van der Waals surface area (Å²) in [5.41, 5.74) is 1.14. The molecule has 0 aromatic carbocycles. The van der Waals surface area contributed by atoms with Crippen LogP contribution in [-0.4, -0.2) is 55.0 Å². The lowest BCUT2D eigenvalue weighted by Crippen LogP contribution is -2.52. The highest BCUT2D eigenvalue weighted by Gasteiger charge is 2.25. The Labute approximate surface area is 114 Å². The lowest BCUT2D eigenvalue weighted by molar-refractivity contribution is -0.136. The third kappa shape index (κ3) is 3.36. The zero-order valence-electron chi connectivity index (χ0n) is 12.0. The van der Waals surface area contributed by atoms with Gasteiger partial charge in [-0.25, -0.2) is 0 Å². The highest BCUT2D eigenvalue weighted by atomic mass is 16.3. The molecule has 1 aromatic rings. The first-order valence-corrected chi connectivity index (χ1v) is 6.82. The molecule has 1 fully saturated rings. The third-order valence-electron chi connectivity index (χ3n) is 3.83. The maximum atomic E-state index is 12.4. The maximum absolute atomic E-state index is 12.4. The number of amides is 1. The van der Waals surface area contributed by atoms with E-state index in [0.29, 0.717) is 0 Å². The summed E-state index contributed by atoms with van der Waals surface area (Å²) >= 11 is 0. The zero-order chi connectivity index (χ0) is 13.8. The highest BCUT2D eigenvalue weighted by Crippen LogP contribution is 2.13. The van der Waals surface area contributed by atoms with E-state index in [1.54, 1.807) is 6.26 Å². The first-order valence-electron chi connectivity index (χ1n) is 6.82. The van der Waals surface area contributed by atoms with Crippen LogP contribution >= 0.6 is 0 Å². The monoisotopic (exact) mass is 265 g/mol. The van der Waals surface area contributed by atoms with Crippen molar-refractivity contribution in [1.82, 2.24) is 15.1 Å². The molecule has 1 aromatic heterocycles. The van der Waals surface area contributed by atoms with Gasteiger partial charge in [-0.15, -0.1) is 0 Å². The zero-order valence-corrected chi connectivity index (χ0v) is 12.0. The molecule has 2 rings (SSSR count). The second kappa shape index (κ2) is 6.21. The van der Waals surface area contributed by atoms with Crippen molar-refractivity contribution in [3.63, 3.8) is 0 Å². The van der Waals surface area contributed by atoms with Crippen LogP contribution in [0.5, 0.6) is 0 Å². The third-order valence-corrected chi connectivity index (χ3v) is 3.83. The quantitative estimate of drug-likeness (QED) is 0.876. The van der Waals surface area contributed by atoms with E-state index in [1.807, 2.05) is 31.9 Å². The van der Waals surface area contributed by atoms with Crippen LogP contribution in [0.15, 0.2) is 16.7 Å². The summed E-state index contributed by atoms with van der Waals surface area (Å²) in [6, 6.07) is 1.86. The molecule has 5 heteroatoms. The van der Waals surface area contributed by atoms with E-state index in [1.165, 1.54) is 0 Å². The molecule has 1 atom stereocenters. The van der Waals surface area contributed by atoms with Crippen LogP contribution in [0.3, 0.4) is 0 Å². The Bertz CT molecular complexity index is 424. The first kappa shape index (κ1) is 14.1. The molecule has 1 aliphatic rings. The molecule has 0 saturated carbocycles. The van der Waals surface area contributed by atoms with Gasteiger partial charge in [-0.3, -0.25) is 9.69 Å². The Kier molecular flexibility index (Phi) is 4.61. The normalized spacial score (nSPS) is 17.8. The topological polar surface area (TPSA) is 48.7 Å². The number of hydrogen-bond acceptors (Lipinski definition) is 4. The largest absolute Gasteiger partial charge is 0.469 e. The van der Waals surface area contributed by atoms with Gasteiger partial charge in [0.2, 0.25) is 5.91 Å². The van der Waals surface area contributed by atoms with E-state index in [0.717, 1.165) is 44.0 Å². The summed E-state index contributed by atoms with van der Waals surface area (Å²) < 4.78 is 5.29. The number of furan rings is 1. The summed E-state index contributed by atoms with van der Waals surface area (Å²) in [5.74, 6) is 1.14. The van der Waals surface area contributed by atoms with Crippen LogP contribution in [0.1, 0.15) is 18.2 Å². The van der Waals surface area contributed by atoms with Gasteiger partial charge in [0, 0.05) is 38.3 Å². The summed E-state index contributed by atoms with van der Waals surface area (Å²) in [6.45, 7) is 8.06. The molecule has 1 amide bonds. The van der Waals surface area contributed by atoms with Crippen molar-refractivity contribution in [3.8, 4) is 0 Å². The van der Waals surface area contributed by atoms with Crippen molar-refractivity contribution in [2.24, 2.45) is 0 Å². The first-order chi connectivity index (χ1) is 9.09. The summed E-state index contributed by atoms with van der Waals surface area (Å²) in [6.07, 6.45) is 1.70. The van der Waals surface area contributed by atoms with Gasteiger partial charge < -0.3 is 14.6 Å². The highest BCUT2D eigenvalue weighted by molar-refractivity contribution is 5.81. The molecular formula is C14H23N3O2.